The Kier molecular flexibility index (Phi) is 3.96. The molecular formula is C13H18N2O2. The quantitative estimate of drug-likeness (QED) is 0.810. The maximum atomic E-state index is 12.2. The lowest BCUT2D eigenvalue weighted by molar-refractivity contribution is 0.0739. The van der Waals surface area contributed by atoms with Crippen LogP contribution in [0, 0.1) is 0 Å². The summed E-state index contributed by atoms with van der Waals surface area (Å²) in [5.74, 6) is -0.105. The van der Waals surface area contributed by atoms with E-state index >= 15 is 0 Å². The molecule has 4 heteroatoms. The summed E-state index contributed by atoms with van der Waals surface area (Å²) in [5, 5.41) is 9.63. The highest BCUT2D eigenvalue weighted by Crippen LogP contribution is 2.18. The van der Waals surface area contributed by atoms with Crippen LogP contribution in [0.2, 0.25) is 0 Å². The molecule has 0 spiro atoms. The van der Waals surface area contributed by atoms with E-state index in [1.807, 2.05) is 4.90 Å². The summed E-state index contributed by atoms with van der Waals surface area (Å²) in [6, 6.07) is 1.58. The van der Waals surface area contributed by atoms with Gasteiger partial charge in [0.1, 0.15) is 5.75 Å². The number of rotatable bonds is 1. The van der Waals surface area contributed by atoms with Crippen LogP contribution >= 0.6 is 0 Å². The first-order valence-electron chi connectivity index (χ1n) is 6.21. The van der Waals surface area contributed by atoms with Crippen molar-refractivity contribution in [2.45, 2.75) is 32.1 Å². The van der Waals surface area contributed by atoms with Crippen LogP contribution in [0.15, 0.2) is 18.5 Å². The topological polar surface area (TPSA) is 53.4 Å². The van der Waals surface area contributed by atoms with Crippen LogP contribution in [0.3, 0.4) is 0 Å². The Morgan fingerprint density at radius 2 is 1.82 bits per heavy atom. The van der Waals surface area contributed by atoms with Gasteiger partial charge in [-0.3, -0.25) is 9.78 Å². The van der Waals surface area contributed by atoms with Crippen molar-refractivity contribution in [1.29, 1.82) is 0 Å². The minimum atomic E-state index is -0.0770. The van der Waals surface area contributed by atoms with Crippen LogP contribution in [0.25, 0.3) is 0 Å². The predicted octanol–water partition coefficient (Wildman–Crippen LogP) is 2.19. The van der Waals surface area contributed by atoms with Gasteiger partial charge in [0.25, 0.3) is 5.91 Å². The number of nitrogens with zero attached hydrogens (tertiary/aromatic N) is 2. The van der Waals surface area contributed by atoms with Crippen LogP contribution in [0.4, 0.5) is 0 Å². The van der Waals surface area contributed by atoms with Crippen molar-refractivity contribution in [3.05, 3.63) is 24.0 Å². The normalized spacial score (nSPS) is 17.3. The van der Waals surface area contributed by atoms with Crippen molar-refractivity contribution in [3.63, 3.8) is 0 Å². The average Bonchev–Trinajstić information content (AvgIpc) is 2.28. The average molecular weight is 234 g/mol. The second-order valence-corrected chi connectivity index (χ2v) is 4.45. The maximum Gasteiger partial charge on any atom is 0.257 e. The SMILES string of the molecule is O=C(c1ccncc1O)N1CCCCCCC1. The van der Waals surface area contributed by atoms with Gasteiger partial charge in [-0.2, -0.15) is 0 Å². The lowest BCUT2D eigenvalue weighted by Gasteiger charge is -2.25. The summed E-state index contributed by atoms with van der Waals surface area (Å²) in [6.45, 7) is 1.58. The highest BCUT2D eigenvalue weighted by atomic mass is 16.3. The van der Waals surface area contributed by atoms with E-state index in [9.17, 15) is 9.90 Å². The summed E-state index contributed by atoms with van der Waals surface area (Å²) in [5.41, 5.74) is 0.362. The zero-order chi connectivity index (χ0) is 12.1. The Morgan fingerprint density at radius 3 is 2.47 bits per heavy atom. The molecule has 1 aromatic rings. The van der Waals surface area contributed by atoms with Crippen molar-refractivity contribution in [2.24, 2.45) is 0 Å². The molecule has 0 radical (unpaired) electrons. The third-order valence-electron chi connectivity index (χ3n) is 3.17. The molecule has 0 saturated carbocycles. The fourth-order valence-corrected chi connectivity index (χ4v) is 2.19. The van der Waals surface area contributed by atoms with E-state index in [4.69, 9.17) is 0 Å². The van der Waals surface area contributed by atoms with Crippen molar-refractivity contribution in [1.82, 2.24) is 9.88 Å². The monoisotopic (exact) mass is 234 g/mol. The number of amides is 1. The first-order valence-corrected chi connectivity index (χ1v) is 6.21. The standard InChI is InChI=1S/C13H18N2O2/c16-12-10-14-7-6-11(12)13(17)15-8-4-2-1-3-5-9-15/h6-7,10,16H,1-5,8-9H2. The summed E-state index contributed by atoms with van der Waals surface area (Å²) in [6.07, 6.45) is 8.60. The fraction of sp³-hybridized carbons (Fsp3) is 0.538. The smallest absolute Gasteiger partial charge is 0.257 e. The molecule has 1 aliphatic rings. The zero-order valence-corrected chi connectivity index (χ0v) is 9.93. The molecule has 2 rings (SSSR count). The molecule has 0 atom stereocenters. The second-order valence-electron chi connectivity index (χ2n) is 4.45. The molecule has 1 aromatic heterocycles. The van der Waals surface area contributed by atoms with Gasteiger partial charge in [0.05, 0.1) is 11.8 Å². The Balaban J connectivity index is 2.10. The molecular weight excluding hydrogens is 216 g/mol. The lowest BCUT2D eigenvalue weighted by Crippen LogP contribution is -2.33. The Hall–Kier alpha value is -1.58. The summed E-state index contributed by atoms with van der Waals surface area (Å²) in [7, 11) is 0. The molecule has 1 fully saturated rings. The minimum Gasteiger partial charge on any atom is -0.505 e. The van der Waals surface area contributed by atoms with E-state index < -0.39 is 0 Å². The van der Waals surface area contributed by atoms with Gasteiger partial charge in [-0.15, -0.1) is 0 Å². The van der Waals surface area contributed by atoms with Crippen LogP contribution in [-0.4, -0.2) is 34.0 Å². The number of aromatic hydroxyl groups is 1. The molecule has 1 amide bonds. The van der Waals surface area contributed by atoms with Crippen molar-refractivity contribution in [2.75, 3.05) is 13.1 Å². The highest BCUT2D eigenvalue weighted by molar-refractivity contribution is 5.96. The number of pyridine rings is 1. The summed E-state index contributed by atoms with van der Waals surface area (Å²) >= 11 is 0. The first kappa shape index (κ1) is 11.9. The van der Waals surface area contributed by atoms with Crippen molar-refractivity contribution >= 4 is 5.91 Å². The molecule has 4 nitrogen and oxygen atoms in total. The van der Waals surface area contributed by atoms with Gasteiger partial charge in [-0.05, 0) is 18.9 Å². The Bertz CT molecular complexity index is 385. The molecule has 0 aromatic carbocycles. The number of carbonyl (C=O) groups excluding carboxylic acids is 1. The molecule has 92 valence electrons. The van der Waals surface area contributed by atoms with Crippen LogP contribution in [0.1, 0.15) is 42.5 Å². The third-order valence-corrected chi connectivity index (χ3v) is 3.17. The number of aromatic nitrogens is 1. The molecule has 17 heavy (non-hydrogen) atoms. The second kappa shape index (κ2) is 5.66. The van der Waals surface area contributed by atoms with Crippen LogP contribution in [-0.2, 0) is 0 Å². The van der Waals surface area contributed by atoms with Gasteiger partial charge in [0.15, 0.2) is 0 Å². The fourth-order valence-electron chi connectivity index (χ4n) is 2.19. The van der Waals surface area contributed by atoms with E-state index in [1.54, 1.807) is 6.07 Å². The van der Waals surface area contributed by atoms with Gasteiger partial charge >= 0.3 is 0 Å². The number of hydrogen-bond donors (Lipinski definition) is 1. The Morgan fingerprint density at radius 1 is 1.18 bits per heavy atom. The van der Waals surface area contributed by atoms with Gasteiger partial charge in [0.2, 0.25) is 0 Å². The molecule has 2 heterocycles. The summed E-state index contributed by atoms with van der Waals surface area (Å²) in [4.78, 5) is 17.9. The van der Waals surface area contributed by atoms with E-state index in [0.717, 1.165) is 25.9 Å². The van der Waals surface area contributed by atoms with E-state index in [1.165, 1.54) is 31.7 Å². The molecule has 0 bridgehead atoms. The lowest BCUT2D eigenvalue weighted by atomic mass is 10.1. The van der Waals surface area contributed by atoms with E-state index in [2.05, 4.69) is 4.98 Å². The van der Waals surface area contributed by atoms with Gasteiger partial charge in [-0.1, -0.05) is 19.3 Å². The van der Waals surface area contributed by atoms with Gasteiger partial charge < -0.3 is 10.0 Å². The molecule has 0 aliphatic carbocycles. The Labute approximate surface area is 101 Å². The summed E-state index contributed by atoms with van der Waals surface area (Å²) < 4.78 is 0. The largest absolute Gasteiger partial charge is 0.505 e. The zero-order valence-electron chi connectivity index (χ0n) is 9.93. The van der Waals surface area contributed by atoms with E-state index in [0.29, 0.717) is 5.56 Å². The highest BCUT2D eigenvalue weighted by Gasteiger charge is 2.19. The predicted molar refractivity (Wildman–Crippen MR) is 64.9 cm³/mol. The van der Waals surface area contributed by atoms with Gasteiger partial charge in [0, 0.05) is 19.3 Å². The molecule has 0 unspecified atom stereocenters. The number of likely N-dealkylation sites (tertiary alicyclic amines) is 1. The molecule has 1 N–H and O–H groups in total. The van der Waals surface area contributed by atoms with Crippen LogP contribution in [0.5, 0.6) is 5.75 Å². The van der Waals surface area contributed by atoms with Gasteiger partial charge in [-0.25, -0.2) is 0 Å². The minimum absolute atomic E-state index is 0.0282. The molecule has 1 aliphatic heterocycles. The van der Waals surface area contributed by atoms with Crippen molar-refractivity contribution in [3.8, 4) is 5.75 Å². The number of carbonyl (C=O) groups is 1. The third kappa shape index (κ3) is 2.96. The molecule has 1 saturated heterocycles. The van der Waals surface area contributed by atoms with Crippen molar-refractivity contribution < 1.29 is 9.90 Å². The van der Waals surface area contributed by atoms with E-state index in [-0.39, 0.29) is 11.7 Å². The number of hydrogen-bond acceptors (Lipinski definition) is 3. The maximum absolute atomic E-state index is 12.2. The first-order chi connectivity index (χ1) is 8.29. The van der Waals surface area contributed by atoms with Crippen LogP contribution < -0.4 is 0 Å².